The highest BCUT2D eigenvalue weighted by Crippen LogP contribution is 2.15. The van der Waals surface area contributed by atoms with E-state index in [1.165, 1.54) is 6.08 Å². The van der Waals surface area contributed by atoms with Gasteiger partial charge in [-0.2, -0.15) is 0 Å². The predicted molar refractivity (Wildman–Crippen MR) is 49.1 cm³/mol. The lowest BCUT2D eigenvalue weighted by Gasteiger charge is -2.00. The van der Waals surface area contributed by atoms with E-state index in [2.05, 4.69) is 22.5 Å². The molecule has 0 aliphatic rings. The molecule has 11 heavy (non-hydrogen) atoms. The summed E-state index contributed by atoms with van der Waals surface area (Å²) in [5, 5.41) is 0.542. The number of benzene rings is 1. The van der Waals surface area contributed by atoms with E-state index in [0.29, 0.717) is 16.5 Å². The van der Waals surface area contributed by atoms with Crippen molar-refractivity contribution in [2.75, 3.05) is 0 Å². The lowest BCUT2D eigenvalue weighted by Crippen LogP contribution is -1.88. The summed E-state index contributed by atoms with van der Waals surface area (Å²) in [4.78, 5) is 0. The van der Waals surface area contributed by atoms with Crippen LogP contribution in [0.15, 0.2) is 24.8 Å². The van der Waals surface area contributed by atoms with Crippen LogP contribution in [-0.2, 0) is 5.33 Å². The normalized spacial score (nSPS) is 9.64. The highest BCUT2D eigenvalue weighted by molar-refractivity contribution is 9.08. The quantitative estimate of drug-likeness (QED) is 0.663. The summed E-state index contributed by atoms with van der Waals surface area (Å²) in [6, 6.07) is 5.27. The van der Waals surface area contributed by atoms with E-state index in [4.69, 9.17) is 0 Å². The largest absolute Gasteiger partial charge is 0.206 e. The van der Waals surface area contributed by atoms with Crippen molar-refractivity contribution in [2.24, 2.45) is 0 Å². The third kappa shape index (κ3) is 1.69. The second-order valence-electron chi connectivity index (χ2n) is 2.16. The van der Waals surface area contributed by atoms with Crippen LogP contribution in [0.5, 0.6) is 0 Å². The van der Waals surface area contributed by atoms with Gasteiger partial charge in [0.2, 0.25) is 0 Å². The third-order valence-electron chi connectivity index (χ3n) is 1.47. The molecule has 1 aromatic carbocycles. The van der Waals surface area contributed by atoms with E-state index in [1.807, 2.05) is 6.07 Å². The average Bonchev–Trinajstić information content (AvgIpc) is 2.05. The van der Waals surface area contributed by atoms with Gasteiger partial charge in [0.15, 0.2) is 0 Å². The Bertz CT molecular complexity index is 268. The first-order chi connectivity index (χ1) is 5.29. The monoisotopic (exact) mass is 214 g/mol. The Balaban J connectivity index is 3.20. The Morgan fingerprint density at radius 3 is 2.82 bits per heavy atom. The Labute approximate surface area is 73.9 Å². The molecule has 0 atom stereocenters. The van der Waals surface area contributed by atoms with E-state index in [1.54, 1.807) is 12.1 Å². The molecule has 0 bridgehead atoms. The van der Waals surface area contributed by atoms with E-state index < -0.39 is 0 Å². The first-order valence-electron chi connectivity index (χ1n) is 3.25. The zero-order valence-electron chi connectivity index (χ0n) is 5.98. The SMILES string of the molecule is C=Cc1cccc(CBr)c1F. The summed E-state index contributed by atoms with van der Waals surface area (Å²) in [6.45, 7) is 3.51. The van der Waals surface area contributed by atoms with Crippen LogP contribution in [0.3, 0.4) is 0 Å². The number of rotatable bonds is 2. The number of hydrogen-bond acceptors (Lipinski definition) is 0. The summed E-state index contributed by atoms with van der Waals surface area (Å²) in [5.41, 5.74) is 1.23. The van der Waals surface area contributed by atoms with Crippen LogP contribution < -0.4 is 0 Å². The molecule has 0 fully saturated rings. The standard InChI is InChI=1S/C9H8BrF/c1-2-7-4-3-5-8(6-10)9(7)11/h2-5H,1,6H2. The highest BCUT2D eigenvalue weighted by atomic mass is 79.9. The van der Waals surface area contributed by atoms with Crippen LogP contribution in [0.25, 0.3) is 6.08 Å². The Morgan fingerprint density at radius 1 is 1.55 bits per heavy atom. The van der Waals surface area contributed by atoms with Crippen LogP contribution in [0, 0.1) is 5.82 Å². The fraction of sp³-hybridized carbons (Fsp3) is 0.111. The molecule has 0 nitrogen and oxygen atoms in total. The summed E-state index contributed by atoms with van der Waals surface area (Å²) in [5.74, 6) is -0.181. The Morgan fingerprint density at radius 2 is 2.27 bits per heavy atom. The number of halogens is 2. The molecule has 0 aromatic heterocycles. The minimum Gasteiger partial charge on any atom is -0.206 e. The number of hydrogen-bond donors (Lipinski definition) is 0. The van der Waals surface area contributed by atoms with Crippen LogP contribution in [0.2, 0.25) is 0 Å². The Kier molecular flexibility index (Phi) is 2.83. The van der Waals surface area contributed by atoms with E-state index >= 15 is 0 Å². The average molecular weight is 215 g/mol. The minimum absolute atomic E-state index is 0.181. The minimum atomic E-state index is -0.181. The lowest BCUT2D eigenvalue weighted by molar-refractivity contribution is 0.615. The van der Waals surface area contributed by atoms with Crippen molar-refractivity contribution in [3.63, 3.8) is 0 Å². The van der Waals surface area contributed by atoms with Gasteiger partial charge >= 0.3 is 0 Å². The van der Waals surface area contributed by atoms with Crippen molar-refractivity contribution in [1.82, 2.24) is 0 Å². The maximum atomic E-state index is 13.2. The van der Waals surface area contributed by atoms with Crippen LogP contribution in [-0.4, -0.2) is 0 Å². The molecule has 0 amide bonds. The fourth-order valence-electron chi connectivity index (χ4n) is 0.861. The van der Waals surface area contributed by atoms with Crippen molar-refractivity contribution < 1.29 is 4.39 Å². The predicted octanol–water partition coefficient (Wildman–Crippen LogP) is 3.36. The second kappa shape index (κ2) is 3.67. The number of alkyl halides is 1. The summed E-state index contributed by atoms with van der Waals surface area (Å²) >= 11 is 3.20. The molecule has 58 valence electrons. The molecule has 0 N–H and O–H groups in total. The van der Waals surface area contributed by atoms with Crippen molar-refractivity contribution in [1.29, 1.82) is 0 Å². The van der Waals surface area contributed by atoms with Crippen molar-refractivity contribution >= 4 is 22.0 Å². The molecule has 0 saturated heterocycles. The van der Waals surface area contributed by atoms with E-state index in [0.717, 1.165) is 0 Å². The van der Waals surface area contributed by atoms with Gasteiger partial charge in [-0.05, 0) is 5.56 Å². The lowest BCUT2D eigenvalue weighted by atomic mass is 10.1. The van der Waals surface area contributed by atoms with Crippen LogP contribution >= 0.6 is 15.9 Å². The van der Waals surface area contributed by atoms with Gasteiger partial charge in [0, 0.05) is 10.9 Å². The molecule has 0 heterocycles. The Hall–Kier alpha value is -0.630. The zero-order chi connectivity index (χ0) is 8.27. The smallest absolute Gasteiger partial charge is 0.134 e. The van der Waals surface area contributed by atoms with Crippen LogP contribution in [0.4, 0.5) is 4.39 Å². The molecule has 0 saturated carbocycles. The maximum absolute atomic E-state index is 13.2. The summed E-state index contributed by atoms with van der Waals surface area (Å²) in [7, 11) is 0. The first kappa shape index (κ1) is 8.47. The fourth-order valence-corrected chi connectivity index (χ4v) is 1.29. The molecule has 0 aliphatic heterocycles. The molecular formula is C9H8BrF. The van der Waals surface area contributed by atoms with E-state index in [9.17, 15) is 4.39 Å². The molecule has 1 rings (SSSR count). The molecule has 2 heteroatoms. The molecule has 0 radical (unpaired) electrons. The van der Waals surface area contributed by atoms with Gasteiger partial charge in [0.1, 0.15) is 5.82 Å². The molecular weight excluding hydrogens is 207 g/mol. The van der Waals surface area contributed by atoms with Gasteiger partial charge in [-0.25, -0.2) is 4.39 Å². The van der Waals surface area contributed by atoms with Gasteiger partial charge in [-0.15, -0.1) is 0 Å². The third-order valence-corrected chi connectivity index (χ3v) is 2.08. The van der Waals surface area contributed by atoms with Gasteiger partial charge in [0.05, 0.1) is 0 Å². The van der Waals surface area contributed by atoms with Crippen molar-refractivity contribution in [2.45, 2.75) is 5.33 Å². The van der Waals surface area contributed by atoms with Crippen molar-refractivity contribution in [3.8, 4) is 0 Å². The summed E-state index contributed by atoms with van der Waals surface area (Å²) in [6.07, 6.45) is 1.52. The highest BCUT2D eigenvalue weighted by Gasteiger charge is 2.02. The zero-order valence-corrected chi connectivity index (χ0v) is 7.57. The summed E-state index contributed by atoms with van der Waals surface area (Å²) < 4.78 is 13.2. The van der Waals surface area contributed by atoms with Gasteiger partial charge in [-0.1, -0.05) is 46.8 Å². The van der Waals surface area contributed by atoms with Gasteiger partial charge in [-0.3, -0.25) is 0 Å². The van der Waals surface area contributed by atoms with Crippen LogP contribution in [0.1, 0.15) is 11.1 Å². The molecule has 0 spiro atoms. The van der Waals surface area contributed by atoms with Gasteiger partial charge in [0.25, 0.3) is 0 Å². The maximum Gasteiger partial charge on any atom is 0.134 e. The topological polar surface area (TPSA) is 0 Å². The molecule has 1 aromatic rings. The van der Waals surface area contributed by atoms with Gasteiger partial charge < -0.3 is 0 Å². The second-order valence-corrected chi connectivity index (χ2v) is 2.72. The van der Waals surface area contributed by atoms with Crippen molar-refractivity contribution in [3.05, 3.63) is 41.7 Å². The molecule has 0 aliphatic carbocycles. The van der Waals surface area contributed by atoms with E-state index in [-0.39, 0.29) is 5.82 Å². The molecule has 0 unspecified atom stereocenters. The first-order valence-corrected chi connectivity index (χ1v) is 4.37.